The average Bonchev–Trinajstić information content (AvgIpc) is 2.65. The molecule has 28 heavy (non-hydrogen) atoms. The number of amides is 1. The Morgan fingerprint density at radius 1 is 1.18 bits per heavy atom. The maximum absolute atomic E-state index is 11.7. The highest BCUT2D eigenvalue weighted by atomic mass is 32.2. The van der Waals surface area contributed by atoms with E-state index < -0.39 is 11.6 Å². The Morgan fingerprint density at radius 2 is 1.86 bits per heavy atom. The first kappa shape index (κ1) is 21.4. The maximum Gasteiger partial charge on any atom is 0.344 e. The summed E-state index contributed by atoms with van der Waals surface area (Å²) in [5, 5.41) is 4.44. The van der Waals surface area contributed by atoms with E-state index in [1.807, 2.05) is 0 Å². The zero-order valence-electron chi connectivity index (χ0n) is 15.9. The standard InChI is InChI=1S/C19H22N4O4S/c1-19(2,3)27-17(25)12-26-15-7-5-14(6-8-15)11-22-23-16(24)13-28-18-20-9-4-10-21-18/h4-11H,12-13H2,1-3H3,(H,23,24)/b22-11+. The van der Waals surface area contributed by atoms with E-state index in [2.05, 4.69) is 20.5 Å². The van der Waals surface area contributed by atoms with Crippen LogP contribution in [0.2, 0.25) is 0 Å². The number of carbonyl (C=O) groups is 2. The first-order valence-electron chi connectivity index (χ1n) is 8.48. The van der Waals surface area contributed by atoms with Gasteiger partial charge < -0.3 is 9.47 Å². The SMILES string of the molecule is CC(C)(C)OC(=O)COc1ccc(/C=N/NC(=O)CSc2ncccn2)cc1. The van der Waals surface area contributed by atoms with Crippen LogP contribution in [0.1, 0.15) is 26.3 Å². The van der Waals surface area contributed by atoms with Crippen LogP contribution in [-0.2, 0) is 14.3 Å². The molecule has 9 heteroatoms. The van der Waals surface area contributed by atoms with Crippen LogP contribution in [0.25, 0.3) is 0 Å². The molecule has 0 fully saturated rings. The number of nitrogens with zero attached hydrogens (tertiary/aromatic N) is 3. The number of hydrogen-bond donors (Lipinski definition) is 1. The minimum absolute atomic E-state index is 0.163. The molecule has 0 spiro atoms. The van der Waals surface area contributed by atoms with Crippen molar-refractivity contribution in [1.29, 1.82) is 0 Å². The molecular formula is C19H22N4O4S. The van der Waals surface area contributed by atoms with Crippen molar-refractivity contribution >= 4 is 29.9 Å². The zero-order valence-corrected chi connectivity index (χ0v) is 16.7. The van der Waals surface area contributed by atoms with Crippen molar-refractivity contribution < 1.29 is 19.1 Å². The third-order valence-corrected chi connectivity index (χ3v) is 3.81. The molecule has 0 atom stereocenters. The number of esters is 1. The quantitative estimate of drug-likeness (QED) is 0.238. The van der Waals surface area contributed by atoms with Gasteiger partial charge in [0.2, 0.25) is 0 Å². The van der Waals surface area contributed by atoms with E-state index in [1.54, 1.807) is 63.5 Å². The summed E-state index contributed by atoms with van der Waals surface area (Å²) in [6, 6.07) is 8.63. The van der Waals surface area contributed by atoms with Crippen molar-refractivity contribution in [3.63, 3.8) is 0 Å². The summed E-state index contributed by atoms with van der Waals surface area (Å²) >= 11 is 1.23. The second-order valence-corrected chi connectivity index (χ2v) is 7.50. The Kier molecular flexibility index (Phi) is 7.94. The molecule has 0 radical (unpaired) electrons. The van der Waals surface area contributed by atoms with Gasteiger partial charge in [-0.05, 0) is 56.7 Å². The van der Waals surface area contributed by atoms with Gasteiger partial charge in [-0.1, -0.05) is 11.8 Å². The molecule has 0 aliphatic carbocycles. The molecule has 0 saturated heterocycles. The lowest BCUT2D eigenvalue weighted by Gasteiger charge is -2.19. The number of rotatable bonds is 8. The third-order valence-electron chi connectivity index (χ3n) is 2.93. The van der Waals surface area contributed by atoms with E-state index in [4.69, 9.17) is 9.47 Å². The largest absolute Gasteiger partial charge is 0.482 e. The molecule has 0 bridgehead atoms. The Morgan fingerprint density at radius 3 is 2.50 bits per heavy atom. The number of hydrazone groups is 1. The monoisotopic (exact) mass is 402 g/mol. The lowest BCUT2D eigenvalue weighted by molar-refractivity contribution is -0.157. The van der Waals surface area contributed by atoms with Crippen LogP contribution in [0.3, 0.4) is 0 Å². The Hall–Kier alpha value is -2.94. The normalized spacial score (nSPS) is 11.2. The molecule has 0 aliphatic rings. The molecule has 2 rings (SSSR count). The molecule has 0 saturated carbocycles. The lowest BCUT2D eigenvalue weighted by Crippen LogP contribution is -2.27. The first-order chi connectivity index (χ1) is 13.3. The minimum Gasteiger partial charge on any atom is -0.482 e. The molecule has 1 N–H and O–H groups in total. The predicted molar refractivity (Wildman–Crippen MR) is 106 cm³/mol. The Balaban J connectivity index is 1.72. The number of carbonyl (C=O) groups excluding carboxylic acids is 2. The Bertz CT molecular complexity index is 805. The summed E-state index contributed by atoms with van der Waals surface area (Å²) in [5.41, 5.74) is 2.66. The van der Waals surface area contributed by atoms with Crippen LogP contribution in [-0.4, -0.2) is 46.0 Å². The summed E-state index contributed by atoms with van der Waals surface area (Å²) in [6.45, 7) is 5.23. The van der Waals surface area contributed by atoms with Crippen molar-refractivity contribution in [3.8, 4) is 5.75 Å². The number of aromatic nitrogens is 2. The van der Waals surface area contributed by atoms with Gasteiger partial charge >= 0.3 is 5.97 Å². The second kappa shape index (κ2) is 10.4. The summed E-state index contributed by atoms with van der Waals surface area (Å²) in [4.78, 5) is 31.4. The van der Waals surface area contributed by atoms with Gasteiger partial charge in [0.25, 0.3) is 5.91 Å². The van der Waals surface area contributed by atoms with Gasteiger partial charge in [-0.2, -0.15) is 5.10 Å². The molecule has 2 aromatic rings. The fourth-order valence-corrected chi connectivity index (χ4v) is 2.46. The topological polar surface area (TPSA) is 103 Å². The number of ether oxygens (including phenoxy) is 2. The summed E-state index contributed by atoms with van der Waals surface area (Å²) in [7, 11) is 0. The van der Waals surface area contributed by atoms with Crippen LogP contribution < -0.4 is 10.2 Å². The highest BCUT2D eigenvalue weighted by Crippen LogP contribution is 2.13. The van der Waals surface area contributed by atoms with Crippen molar-refractivity contribution in [2.24, 2.45) is 5.10 Å². The highest BCUT2D eigenvalue weighted by Gasteiger charge is 2.16. The number of benzene rings is 1. The van der Waals surface area contributed by atoms with Gasteiger partial charge in [-0.25, -0.2) is 20.2 Å². The lowest BCUT2D eigenvalue weighted by atomic mass is 10.2. The van der Waals surface area contributed by atoms with Crippen molar-refractivity contribution in [2.75, 3.05) is 12.4 Å². The fourth-order valence-electron chi connectivity index (χ4n) is 1.86. The average molecular weight is 402 g/mol. The molecule has 0 unspecified atom stereocenters. The molecule has 1 heterocycles. The number of thioether (sulfide) groups is 1. The van der Waals surface area contributed by atoms with E-state index in [-0.39, 0.29) is 18.3 Å². The smallest absolute Gasteiger partial charge is 0.344 e. The van der Waals surface area contributed by atoms with Crippen LogP contribution in [0.15, 0.2) is 53.0 Å². The van der Waals surface area contributed by atoms with Gasteiger partial charge in [-0.15, -0.1) is 0 Å². The van der Waals surface area contributed by atoms with E-state index >= 15 is 0 Å². The van der Waals surface area contributed by atoms with Crippen molar-refractivity contribution in [1.82, 2.24) is 15.4 Å². The van der Waals surface area contributed by atoms with Gasteiger partial charge in [0, 0.05) is 12.4 Å². The first-order valence-corrected chi connectivity index (χ1v) is 9.47. The van der Waals surface area contributed by atoms with Gasteiger partial charge in [-0.3, -0.25) is 4.79 Å². The highest BCUT2D eigenvalue weighted by molar-refractivity contribution is 7.99. The minimum atomic E-state index is -0.544. The molecule has 0 aliphatic heterocycles. The summed E-state index contributed by atoms with van der Waals surface area (Å²) in [6.07, 6.45) is 4.75. The molecule has 8 nitrogen and oxygen atoms in total. The molecule has 1 amide bonds. The molecule has 1 aromatic heterocycles. The van der Waals surface area contributed by atoms with Gasteiger partial charge in [0.15, 0.2) is 11.8 Å². The zero-order chi connectivity index (χ0) is 20.4. The van der Waals surface area contributed by atoms with Crippen molar-refractivity contribution in [3.05, 3.63) is 48.3 Å². The van der Waals surface area contributed by atoms with Crippen molar-refractivity contribution in [2.45, 2.75) is 31.5 Å². The van der Waals surface area contributed by atoms with E-state index in [0.29, 0.717) is 10.9 Å². The Labute approximate surface area is 167 Å². The number of hydrogen-bond acceptors (Lipinski definition) is 8. The molecule has 1 aromatic carbocycles. The summed E-state index contributed by atoms with van der Waals surface area (Å²) in [5.74, 6) is 0.00987. The maximum atomic E-state index is 11.7. The van der Waals surface area contributed by atoms with E-state index in [9.17, 15) is 9.59 Å². The summed E-state index contributed by atoms with van der Waals surface area (Å²) < 4.78 is 10.6. The molecular weight excluding hydrogens is 380 g/mol. The predicted octanol–water partition coefficient (Wildman–Crippen LogP) is 2.44. The van der Waals surface area contributed by atoms with Crippen LogP contribution in [0.4, 0.5) is 0 Å². The van der Waals surface area contributed by atoms with Gasteiger partial charge in [0.1, 0.15) is 11.4 Å². The van der Waals surface area contributed by atoms with Gasteiger partial charge in [0.05, 0.1) is 12.0 Å². The van der Waals surface area contributed by atoms with E-state index in [1.165, 1.54) is 18.0 Å². The van der Waals surface area contributed by atoms with Crippen LogP contribution in [0.5, 0.6) is 5.75 Å². The van der Waals surface area contributed by atoms with Crippen LogP contribution >= 0.6 is 11.8 Å². The second-order valence-electron chi connectivity index (χ2n) is 6.56. The van der Waals surface area contributed by atoms with E-state index in [0.717, 1.165) is 5.56 Å². The molecule has 148 valence electrons. The fraction of sp³-hybridized carbons (Fsp3) is 0.316. The third kappa shape index (κ3) is 8.63. The van der Waals surface area contributed by atoms with Crippen LogP contribution in [0, 0.1) is 0 Å². The number of nitrogens with one attached hydrogen (secondary N) is 1.